The molecule has 1 rings (SSSR count). The molecule has 0 aromatic heterocycles. The van der Waals surface area contributed by atoms with Crippen LogP contribution in [0.5, 0.6) is 0 Å². The SMILES string of the molecule is Cc1c(CBr)cc(Br)cc1[N+](=O)[O-]. The van der Waals surface area contributed by atoms with Crippen LogP contribution in [-0.4, -0.2) is 4.92 Å². The van der Waals surface area contributed by atoms with Crippen molar-refractivity contribution in [2.24, 2.45) is 0 Å². The third kappa shape index (κ3) is 2.28. The van der Waals surface area contributed by atoms with Gasteiger partial charge in [-0.2, -0.15) is 0 Å². The van der Waals surface area contributed by atoms with Crippen molar-refractivity contribution in [3.63, 3.8) is 0 Å². The zero-order valence-corrected chi connectivity index (χ0v) is 10.1. The minimum Gasteiger partial charge on any atom is -0.258 e. The van der Waals surface area contributed by atoms with Gasteiger partial charge in [0.25, 0.3) is 5.69 Å². The highest BCUT2D eigenvalue weighted by Gasteiger charge is 2.14. The molecule has 0 atom stereocenters. The number of rotatable bonds is 2. The molecule has 0 saturated carbocycles. The van der Waals surface area contributed by atoms with Gasteiger partial charge in [-0.3, -0.25) is 10.1 Å². The molecule has 0 amide bonds. The number of hydrogen-bond donors (Lipinski definition) is 0. The molecule has 0 spiro atoms. The van der Waals surface area contributed by atoms with Gasteiger partial charge in [-0.05, 0) is 18.6 Å². The van der Waals surface area contributed by atoms with E-state index in [-0.39, 0.29) is 10.6 Å². The van der Waals surface area contributed by atoms with E-state index in [9.17, 15) is 10.1 Å². The minimum absolute atomic E-state index is 0.156. The Morgan fingerprint density at radius 1 is 1.54 bits per heavy atom. The van der Waals surface area contributed by atoms with Gasteiger partial charge in [0.2, 0.25) is 0 Å². The fraction of sp³-hybridized carbons (Fsp3) is 0.250. The number of nitro benzene ring substituents is 1. The van der Waals surface area contributed by atoms with Crippen LogP contribution in [0.3, 0.4) is 0 Å². The van der Waals surface area contributed by atoms with E-state index in [1.807, 2.05) is 6.07 Å². The summed E-state index contributed by atoms with van der Waals surface area (Å²) >= 11 is 6.51. The lowest BCUT2D eigenvalue weighted by atomic mass is 10.1. The Bertz CT molecular complexity index is 352. The van der Waals surface area contributed by atoms with Crippen molar-refractivity contribution >= 4 is 37.5 Å². The van der Waals surface area contributed by atoms with Crippen LogP contribution in [0.1, 0.15) is 11.1 Å². The first-order valence-electron chi connectivity index (χ1n) is 3.55. The zero-order valence-electron chi connectivity index (χ0n) is 6.88. The van der Waals surface area contributed by atoms with E-state index in [4.69, 9.17) is 0 Å². The lowest BCUT2D eigenvalue weighted by Gasteiger charge is -2.03. The van der Waals surface area contributed by atoms with Crippen molar-refractivity contribution < 1.29 is 4.92 Å². The second kappa shape index (κ2) is 4.19. The first-order valence-corrected chi connectivity index (χ1v) is 5.47. The molecule has 0 bridgehead atoms. The maximum atomic E-state index is 10.6. The summed E-state index contributed by atoms with van der Waals surface area (Å²) in [5.74, 6) is 0. The van der Waals surface area contributed by atoms with Crippen LogP contribution in [0.25, 0.3) is 0 Å². The molecule has 0 N–H and O–H groups in total. The molecule has 0 aliphatic carbocycles. The van der Waals surface area contributed by atoms with Crippen molar-refractivity contribution in [1.82, 2.24) is 0 Å². The van der Waals surface area contributed by atoms with Crippen LogP contribution in [0.15, 0.2) is 16.6 Å². The fourth-order valence-corrected chi connectivity index (χ4v) is 2.12. The summed E-state index contributed by atoms with van der Waals surface area (Å²) in [6.07, 6.45) is 0. The smallest absolute Gasteiger partial charge is 0.258 e. The normalized spacial score (nSPS) is 10.1. The molecule has 0 fully saturated rings. The van der Waals surface area contributed by atoms with Crippen LogP contribution in [0.4, 0.5) is 5.69 Å². The summed E-state index contributed by atoms with van der Waals surface area (Å²) in [4.78, 5) is 10.2. The Labute approximate surface area is 92.5 Å². The molecule has 1 aromatic carbocycles. The molecular formula is C8H7Br2NO2. The van der Waals surface area contributed by atoms with Crippen molar-refractivity contribution in [3.8, 4) is 0 Å². The molecule has 0 unspecified atom stereocenters. The summed E-state index contributed by atoms with van der Waals surface area (Å²) in [7, 11) is 0. The van der Waals surface area contributed by atoms with Crippen LogP contribution >= 0.6 is 31.9 Å². The second-order valence-corrected chi connectivity index (χ2v) is 4.08. The summed E-state index contributed by atoms with van der Waals surface area (Å²) in [6, 6.07) is 3.39. The number of hydrogen-bond acceptors (Lipinski definition) is 2. The van der Waals surface area contributed by atoms with Crippen molar-refractivity contribution in [3.05, 3.63) is 37.8 Å². The van der Waals surface area contributed by atoms with Crippen molar-refractivity contribution in [1.29, 1.82) is 0 Å². The third-order valence-corrected chi connectivity index (χ3v) is 2.86. The molecule has 1 aromatic rings. The second-order valence-electron chi connectivity index (χ2n) is 2.60. The molecule has 0 aliphatic heterocycles. The lowest BCUT2D eigenvalue weighted by molar-refractivity contribution is -0.385. The highest BCUT2D eigenvalue weighted by molar-refractivity contribution is 9.10. The van der Waals surface area contributed by atoms with Crippen molar-refractivity contribution in [2.45, 2.75) is 12.3 Å². The van der Waals surface area contributed by atoms with Gasteiger partial charge in [0.15, 0.2) is 0 Å². The van der Waals surface area contributed by atoms with Crippen LogP contribution < -0.4 is 0 Å². The van der Waals surface area contributed by atoms with Gasteiger partial charge in [-0.15, -0.1) is 0 Å². The number of nitrogens with zero attached hydrogens (tertiary/aromatic N) is 1. The maximum Gasteiger partial charge on any atom is 0.273 e. The average Bonchev–Trinajstić information content (AvgIpc) is 2.08. The predicted octanol–water partition coefficient (Wildman–Crippen LogP) is 3.56. The van der Waals surface area contributed by atoms with Gasteiger partial charge in [-0.1, -0.05) is 31.9 Å². The van der Waals surface area contributed by atoms with Gasteiger partial charge in [0.05, 0.1) is 4.92 Å². The molecule has 70 valence electrons. The van der Waals surface area contributed by atoms with Crippen LogP contribution in [-0.2, 0) is 5.33 Å². The summed E-state index contributed by atoms with van der Waals surface area (Å²) < 4.78 is 0.735. The van der Waals surface area contributed by atoms with E-state index in [0.29, 0.717) is 10.9 Å². The predicted molar refractivity (Wildman–Crippen MR) is 58.2 cm³/mol. The van der Waals surface area contributed by atoms with E-state index in [0.717, 1.165) is 10.0 Å². The fourth-order valence-electron chi connectivity index (χ4n) is 1.05. The van der Waals surface area contributed by atoms with E-state index >= 15 is 0 Å². The van der Waals surface area contributed by atoms with E-state index in [1.165, 1.54) is 6.07 Å². The number of nitro groups is 1. The molecule has 13 heavy (non-hydrogen) atoms. The van der Waals surface area contributed by atoms with E-state index in [2.05, 4.69) is 31.9 Å². The van der Waals surface area contributed by atoms with Gasteiger partial charge in [0, 0.05) is 21.4 Å². The molecule has 0 heterocycles. The molecule has 5 heteroatoms. The Morgan fingerprint density at radius 3 is 2.62 bits per heavy atom. The summed E-state index contributed by atoms with van der Waals surface area (Å²) in [5.41, 5.74) is 1.80. The van der Waals surface area contributed by atoms with Crippen molar-refractivity contribution in [2.75, 3.05) is 0 Å². The number of benzene rings is 1. The van der Waals surface area contributed by atoms with E-state index < -0.39 is 0 Å². The molecular weight excluding hydrogens is 302 g/mol. The average molecular weight is 309 g/mol. The Balaban J connectivity index is 3.35. The topological polar surface area (TPSA) is 43.1 Å². The third-order valence-electron chi connectivity index (χ3n) is 1.79. The summed E-state index contributed by atoms with van der Waals surface area (Å²) in [6.45, 7) is 1.75. The molecule has 0 saturated heterocycles. The Morgan fingerprint density at radius 2 is 2.15 bits per heavy atom. The lowest BCUT2D eigenvalue weighted by Crippen LogP contribution is -1.95. The Hall–Kier alpha value is -0.420. The van der Waals surface area contributed by atoms with Gasteiger partial charge < -0.3 is 0 Å². The Kier molecular flexibility index (Phi) is 3.44. The van der Waals surface area contributed by atoms with E-state index in [1.54, 1.807) is 6.92 Å². The van der Waals surface area contributed by atoms with Crippen LogP contribution in [0, 0.1) is 17.0 Å². The minimum atomic E-state index is -0.369. The first-order chi connectivity index (χ1) is 6.06. The number of alkyl halides is 1. The largest absolute Gasteiger partial charge is 0.273 e. The maximum absolute atomic E-state index is 10.6. The number of halogens is 2. The molecule has 0 aliphatic rings. The molecule has 0 radical (unpaired) electrons. The highest BCUT2D eigenvalue weighted by atomic mass is 79.9. The van der Waals surface area contributed by atoms with Crippen LogP contribution in [0.2, 0.25) is 0 Å². The highest BCUT2D eigenvalue weighted by Crippen LogP contribution is 2.27. The first kappa shape index (κ1) is 10.7. The van der Waals surface area contributed by atoms with Gasteiger partial charge in [0.1, 0.15) is 0 Å². The van der Waals surface area contributed by atoms with Gasteiger partial charge in [-0.25, -0.2) is 0 Å². The standard InChI is InChI=1S/C8H7Br2NO2/c1-5-6(4-9)2-7(10)3-8(5)11(12)13/h2-3H,4H2,1H3. The van der Waals surface area contributed by atoms with Gasteiger partial charge >= 0.3 is 0 Å². The molecule has 3 nitrogen and oxygen atoms in total. The zero-order chi connectivity index (χ0) is 10.0. The summed E-state index contributed by atoms with van der Waals surface area (Å²) in [5, 5.41) is 11.2. The monoisotopic (exact) mass is 307 g/mol. The quantitative estimate of drug-likeness (QED) is 0.476.